The second-order valence-electron chi connectivity index (χ2n) is 7.64. The smallest absolute Gasteiger partial charge is 0.250 e. The van der Waals surface area contributed by atoms with Crippen LogP contribution in [-0.4, -0.2) is 45.6 Å². The van der Waals surface area contributed by atoms with Gasteiger partial charge in [0.05, 0.1) is 6.04 Å². The van der Waals surface area contributed by atoms with E-state index in [2.05, 4.69) is 5.32 Å². The third kappa shape index (κ3) is 2.65. The minimum Gasteiger partial charge on any atom is -0.396 e. The SMILES string of the molecule is CCNC(=O)[C@H]1[C@H](CO)[C@H]2Cn3c(cccc3=O)[C@H]2N1C(=O)CC1CC1. The number of likely N-dealkylation sites (tertiary alicyclic amines) is 1. The van der Waals surface area contributed by atoms with Gasteiger partial charge in [-0.25, -0.2) is 0 Å². The molecule has 7 nitrogen and oxygen atoms in total. The van der Waals surface area contributed by atoms with Crippen molar-refractivity contribution in [2.45, 2.75) is 44.8 Å². The standard InChI is InChI=1S/C19H25N3O4/c1-2-20-19(26)18-13(10-23)12-9-21-14(4-3-5-15(21)24)17(12)22(18)16(25)8-11-6-7-11/h3-5,11-13,17-18,23H,2,6-10H2,1H3,(H,20,26)/t12-,13-,17+,18-/m1/s1. The Hall–Kier alpha value is -2.15. The molecule has 1 saturated carbocycles. The Morgan fingerprint density at radius 1 is 1.31 bits per heavy atom. The number of aliphatic hydroxyl groups excluding tert-OH is 1. The largest absolute Gasteiger partial charge is 0.396 e. The van der Waals surface area contributed by atoms with Gasteiger partial charge in [0.15, 0.2) is 0 Å². The van der Waals surface area contributed by atoms with Crippen molar-refractivity contribution in [3.63, 3.8) is 0 Å². The van der Waals surface area contributed by atoms with E-state index in [1.807, 2.05) is 13.0 Å². The molecule has 2 N–H and O–H groups in total. The Morgan fingerprint density at radius 2 is 2.08 bits per heavy atom. The molecule has 1 saturated heterocycles. The summed E-state index contributed by atoms with van der Waals surface area (Å²) in [5, 5.41) is 12.9. The molecule has 2 fully saturated rings. The average Bonchev–Trinajstić information content (AvgIpc) is 3.24. The summed E-state index contributed by atoms with van der Waals surface area (Å²) in [6.07, 6.45) is 2.55. The van der Waals surface area contributed by atoms with Crippen molar-refractivity contribution in [2.24, 2.45) is 17.8 Å². The summed E-state index contributed by atoms with van der Waals surface area (Å²) < 4.78 is 1.68. The second kappa shape index (κ2) is 6.54. The summed E-state index contributed by atoms with van der Waals surface area (Å²) in [6.45, 7) is 2.57. The zero-order valence-electron chi connectivity index (χ0n) is 14.9. The summed E-state index contributed by atoms with van der Waals surface area (Å²) in [4.78, 5) is 39.8. The molecule has 0 aromatic carbocycles. The number of amides is 2. The zero-order valence-corrected chi connectivity index (χ0v) is 14.9. The number of nitrogens with zero attached hydrogens (tertiary/aromatic N) is 2. The molecule has 4 rings (SSSR count). The minimum atomic E-state index is -0.676. The molecular formula is C19H25N3O4. The summed E-state index contributed by atoms with van der Waals surface area (Å²) in [5.74, 6) is -0.336. The first-order valence-electron chi connectivity index (χ1n) is 9.46. The Labute approximate surface area is 152 Å². The summed E-state index contributed by atoms with van der Waals surface area (Å²) in [5.41, 5.74) is 0.676. The monoisotopic (exact) mass is 359 g/mol. The number of carbonyl (C=O) groups excluding carboxylic acids is 2. The number of likely N-dealkylation sites (N-methyl/N-ethyl adjacent to an activating group) is 1. The third-order valence-electron chi connectivity index (χ3n) is 6.02. The first-order chi connectivity index (χ1) is 12.6. The maximum Gasteiger partial charge on any atom is 0.250 e. The van der Waals surface area contributed by atoms with Crippen LogP contribution in [0, 0.1) is 17.8 Å². The van der Waals surface area contributed by atoms with E-state index in [1.54, 1.807) is 15.5 Å². The topological polar surface area (TPSA) is 91.6 Å². The fourth-order valence-corrected chi connectivity index (χ4v) is 4.67. The molecule has 2 amide bonds. The van der Waals surface area contributed by atoms with E-state index >= 15 is 0 Å². The predicted molar refractivity (Wildman–Crippen MR) is 94.2 cm³/mol. The lowest BCUT2D eigenvalue weighted by molar-refractivity contribution is -0.142. The number of aliphatic hydroxyl groups is 1. The number of carbonyl (C=O) groups is 2. The van der Waals surface area contributed by atoms with Gasteiger partial charge in [-0.2, -0.15) is 0 Å². The van der Waals surface area contributed by atoms with Gasteiger partial charge in [-0.15, -0.1) is 0 Å². The maximum absolute atomic E-state index is 13.1. The molecule has 26 heavy (non-hydrogen) atoms. The highest BCUT2D eigenvalue weighted by Gasteiger charge is 2.57. The number of aromatic nitrogens is 1. The lowest BCUT2D eigenvalue weighted by Gasteiger charge is -2.31. The van der Waals surface area contributed by atoms with Crippen LogP contribution in [0.2, 0.25) is 0 Å². The van der Waals surface area contributed by atoms with Crippen molar-refractivity contribution < 1.29 is 14.7 Å². The number of pyridine rings is 1. The van der Waals surface area contributed by atoms with Crippen LogP contribution >= 0.6 is 0 Å². The number of nitrogens with one attached hydrogen (secondary N) is 1. The van der Waals surface area contributed by atoms with Crippen LogP contribution in [0.5, 0.6) is 0 Å². The van der Waals surface area contributed by atoms with Crippen LogP contribution < -0.4 is 10.9 Å². The number of fused-ring (bicyclic) bond motifs is 3. The van der Waals surface area contributed by atoms with Gasteiger partial charge in [0.25, 0.3) is 5.56 Å². The van der Waals surface area contributed by atoms with Crippen molar-refractivity contribution in [3.05, 3.63) is 34.2 Å². The van der Waals surface area contributed by atoms with E-state index in [-0.39, 0.29) is 41.9 Å². The van der Waals surface area contributed by atoms with Gasteiger partial charge >= 0.3 is 0 Å². The van der Waals surface area contributed by atoms with Gasteiger partial charge in [-0.05, 0) is 31.7 Å². The minimum absolute atomic E-state index is 0.0422. The number of hydrogen-bond donors (Lipinski definition) is 2. The predicted octanol–water partition coefficient (Wildman–Crippen LogP) is 0.275. The molecule has 7 heteroatoms. The fourth-order valence-electron chi connectivity index (χ4n) is 4.67. The molecule has 1 aromatic heterocycles. The normalized spacial score (nSPS) is 29.4. The maximum atomic E-state index is 13.1. The van der Waals surface area contributed by atoms with Crippen LogP contribution in [0.25, 0.3) is 0 Å². The first kappa shape index (κ1) is 17.3. The molecule has 0 unspecified atom stereocenters. The fraction of sp³-hybridized carbons (Fsp3) is 0.632. The van der Waals surface area contributed by atoms with Crippen LogP contribution in [0.1, 0.15) is 37.9 Å². The molecule has 3 heterocycles. The number of hydrogen-bond acceptors (Lipinski definition) is 4. The van der Waals surface area contributed by atoms with Gasteiger partial charge in [0, 0.05) is 49.7 Å². The summed E-state index contributed by atoms with van der Waals surface area (Å²) in [6, 6.07) is 4.08. The van der Waals surface area contributed by atoms with Gasteiger partial charge in [-0.1, -0.05) is 6.07 Å². The Morgan fingerprint density at radius 3 is 2.73 bits per heavy atom. The van der Waals surface area contributed by atoms with Gasteiger partial charge < -0.3 is 19.9 Å². The molecule has 1 aliphatic carbocycles. The van der Waals surface area contributed by atoms with Gasteiger partial charge in [-0.3, -0.25) is 14.4 Å². The molecule has 3 aliphatic rings. The highest BCUT2D eigenvalue weighted by molar-refractivity contribution is 5.89. The van der Waals surface area contributed by atoms with Crippen LogP contribution in [0.15, 0.2) is 23.0 Å². The average molecular weight is 359 g/mol. The lowest BCUT2D eigenvalue weighted by Crippen LogP contribution is -2.50. The van der Waals surface area contributed by atoms with E-state index in [9.17, 15) is 19.5 Å². The quantitative estimate of drug-likeness (QED) is 0.790. The molecule has 0 radical (unpaired) electrons. The zero-order chi connectivity index (χ0) is 18.4. The van der Waals surface area contributed by atoms with E-state index in [4.69, 9.17) is 0 Å². The van der Waals surface area contributed by atoms with Crippen molar-refractivity contribution >= 4 is 11.8 Å². The highest BCUT2D eigenvalue weighted by Crippen LogP contribution is 2.50. The highest BCUT2D eigenvalue weighted by atomic mass is 16.3. The molecule has 0 spiro atoms. The molecular weight excluding hydrogens is 334 g/mol. The molecule has 140 valence electrons. The van der Waals surface area contributed by atoms with Crippen LogP contribution in [0.3, 0.4) is 0 Å². The van der Waals surface area contributed by atoms with E-state index in [0.29, 0.717) is 25.4 Å². The third-order valence-corrected chi connectivity index (χ3v) is 6.02. The van der Waals surface area contributed by atoms with Crippen LogP contribution in [-0.2, 0) is 16.1 Å². The Bertz CT molecular complexity index is 785. The van der Waals surface area contributed by atoms with E-state index in [0.717, 1.165) is 18.5 Å². The first-order valence-corrected chi connectivity index (χ1v) is 9.46. The van der Waals surface area contributed by atoms with E-state index in [1.165, 1.54) is 6.07 Å². The molecule has 0 bridgehead atoms. The van der Waals surface area contributed by atoms with Crippen molar-refractivity contribution in [2.75, 3.05) is 13.2 Å². The van der Waals surface area contributed by atoms with Crippen molar-refractivity contribution in [1.82, 2.24) is 14.8 Å². The summed E-state index contributed by atoms with van der Waals surface area (Å²) in [7, 11) is 0. The Balaban J connectivity index is 1.76. The van der Waals surface area contributed by atoms with Crippen molar-refractivity contribution in [1.29, 1.82) is 0 Å². The lowest BCUT2D eigenvalue weighted by atomic mass is 9.88. The summed E-state index contributed by atoms with van der Waals surface area (Å²) >= 11 is 0. The van der Waals surface area contributed by atoms with E-state index < -0.39 is 6.04 Å². The molecule has 2 aliphatic heterocycles. The van der Waals surface area contributed by atoms with Gasteiger partial charge in [0.2, 0.25) is 11.8 Å². The number of rotatable bonds is 5. The second-order valence-corrected chi connectivity index (χ2v) is 7.64. The van der Waals surface area contributed by atoms with Crippen LogP contribution in [0.4, 0.5) is 0 Å². The molecule has 1 aromatic rings. The molecule has 4 atom stereocenters. The Kier molecular flexibility index (Phi) is 4.34. The van der Waals surface area contributed by atoms with Gasteiger partial charge in [0.1, 0.15) is 6.04 Å². The van der Waals surface area contributed by atoms with Crippen molar-refractivity contribution in [3.8, 4) is 0 Å².